The molecule has 1 heterocycles. The maximum absolute atomic E-state index is 12.9. The molecule has 0 aliphatic carbocycles. The molecule has 2 aromatic rings. The minimum Gasteiger partial charge on any atom is -0.506 e. The Morgan fingerprint density at radius 2 is 1.85 bits per heavy atom. The number of ether oxygens (including phenoxy) is 1. The second-order valence-corrected chi connectivity index (χ2v) is 8.39. The fraction of sp³-hybridized carbons (Fsp3) is 0.235. The zero-order valence-electron chi connectivity index (χ0n) is 13.7. The smallest absolute Gasteiger partial charge is 0.255 e. The van der Waals surface area contributed by atoms with Crippen molar-refractivity contribution in [2.45, 2.75) is 4.90 Å². The van der Waals surface area contributed by atoms with Gasteiger partial charge in [0, 0.05) is 23.1 Å². The molecule has 0 saturated carbocycles. The van der Waals surface area contributed by atoms with Crippen LogP contribution in [0.5, 0.6) is 5.75 Å². The van der Waals surface area contributed by atoms with E-state index in [4.69, 9.17) is 4.74 Å². The highest BCUT2D eigenvalue weighted by Gasteiger charge is 2.29. The van der Waals surface area contributed by atoms with E-state index in [0.29, 0.717) is 17.7 Å². The van der Waals surface area contributed by atoms with Gasteiger partial charge in [0.15, 0.2) is 0 Å². The van der Waals surface area contributed by atoms with Crippen molar-refractivity contribution >= 4 is 37.5 Å². The highest BCUT2D eigenvalue weighted by atomic mass is 79.9. The molecular weight excluding hydrogens is 424 g/mol. The number of halogens is 1. The van der Waals surface area contributed by atoms with Crippen molar-refractivity contribution in [3.63, 3.8) is 0 Å². The number of amides is 1. The van der Waals surface area contributed by atoms with Crippen LogP contribution in [-0.2, 0) is 14.8 Å². The number of phenolic OH excluding ortho intramolecular Hbond substituents is 1. The summed E-state index contributed by atoms with van der Waals surface area (Å²) in [5, 5.41) is 12.3. The zero-order valence-corrected chi connectivity index (χ0v) is 16.1. The Bertz CT molecular complexity index is 927. The van der Waals surface area contributed by atoms with Gasteiger partial charge in [0.1, 0.15) is 5.75 Å². The second kappa shape index (κ2) is 7.75. The van der Waals surface area contributed by atoms with E-state index in [2.05, 4.69) is 21.2 Å². The van der Waals surface area contributed by atoms with E-state index in [1.807, 2.05) is 0 Å². The number of morpholine rings is 1. The number of nitrogens with zero attached hydrogens (tertiary/aromatic N) is 1. The fourth-order valence-electron chi connectivity index (χ4n) is 2.54. The van der Waals surface area contributed by atoms with Crippen LogP contribution in [0.2, 0.25) is 0 Å². The van der Waals surface area contributed by atoms with E-state index >= 15 is 0 Å². The second-order valence-electron chi connectivity index (χ2n) is 5.63. The number of anilines is 1. The number of sulfonamides is 1. The molecule has 1 aliphatic rings. The lowest BCUT2D eigenvalue weighted by Gasteiger charge is -2.26. The quantitative estimate of drug-likeness (QED) is 0.711. The maximum atomic E-state index is 12.9. The van der Waals surface area contributed by atoms with Crippen molar-refractivity contribution < 1.29 is 23.1 Å². The Morgan fingerprint density at radius 3 is 2.54 bits per heavy atom. The first-order valence-electron chi connectivity index (χ1n) is 7.86. The number of hydrogen-bond acceptors (Lipinski definition) is 5. The lowest BCUT2D eigenvalue weighted by atomic mass is 10.2. The number of rotatable bonds is 4. The molecule has 0 radical (unpaired) electrons. The fourth-order valence-corrected chi connectivity index (χ4v) is 4.90. The van der Waals surface area contributed by atoms with Gasteiger partial charge in [-0.1, -0.05) is 12.1 Å². The minimum atomic E-state index is -3.75. The summed E-state index contributed by atoms with van der Waals surface area (Å²) in [5.41, 5.74) is 0.418. The van der Waals surface area contributed by atoms with Gasteiger partial charge in [-0.15, -0.1) is 0 Å². The Hall–Kier alpha value is -1.94. The topological polar surface area (TPSA) is 95.9 Å². The number of carbonyl (C=O) groups is 1. The van der Waals surface area contributed by atoms with Crippen LogP contribution in [0, 0.1) is 0 Å². The number of benzene rings is 2. The summed E-state index contributed by atoms with van der Waals surface area (Å²) >= 11 is 3.25. The van der Waals surface area contributed by atoms with Crippen LogP contribution in [0.1, 0.15) is 10.4 Å². The van der Waals surface area contributed by atoms with E-state index in [9.17, 15) is 18.3 Å². The summed E-state index contributed by atoms with van der Waals surface area (Å²) in [6, 6.07) is 10.7. The molecule has 138 valence electrons. The predicted molar refractivity (Wildman–Crippen MR) is 99.8 cm³/mol. The van der Waals surface area contributed by atoms with Gasteiger partial charge in [-0.25, -0.2) is 8.42 Å². The van der Waals surface area contributed by atoms with Gasteiger partial charge in [0.25, 0.3) is 5.91 Å². The number of para-hydroxylation sites is 2. The van der Waals surface area contributed by atoms with E-state index < -0.39 is 15.9 Å². The number of hydrogen-bond donors (Lipinski definition) is 2. The van der Waals surface area contributed by atoms with Crippen molar-refractivity contribution in [2.75, 3.05) is 31.6 Å². The lowest BCUT2D eigenvalue weighted by Crippen LogP contribution is -2.40. The van der Waals surface area contributed by atoms with E-state index in [-0.39, 0.29) is 35.0 Å². The molecule has 1 fully saturated rings. The van der Waals surface area contributed by atoms with Crippen molar-refractivity contribution in [2.24, 2.45) is 0 Å². The van der Waals surface area contributed by atoms with Crippen LogP contribution < -0.4 is 5.32 Å². The normalized spacial score (nSPS) is 15.6. The summed E-state index contributed by atoms with van der Waals surface area (Å²) in [7, 11) is -3.75. The van der Waals surface area contributed by atoms with Gasteiger partial charge in [0.05, 0.1) is 23.8 Å². The third-order valence-electron chi connectivity index (χ3n) is 3.93. The Balaban J connectivity index is 1.90. The average molecular weight is 441 g/mol. The average Bonchev–Trinajstić information content (AvgIpc) is 2.64. The molecule has 7 nitrogen and oxygen atoms in total. The maximum Gasteiger partial charge on any atom is 0.255 e. The number of carbonyl (C=O) groups excluding carboxylic acids is 1. The van der Waals surface area contributed by atoms with Crippen LogP contribution in [0.15, 0.2) is 51.8 Å². The molecule has 9 heteroatoms. The molecule has 1 saturated heterocycles. The number of phenols is 1. The van der Waals surface area contributed by atoms with Gasteiger partial charge in [-0.2, -0.15) is 4.31 Å². The molecule has 0 atom stereocenters. The minimum absolute atomic E-state index is 0.0179. The summed E-state index contributed by atoms with van der Waals surface area (Å²) in [5.74, 6) is -0.587. The molecule has 0 spiro atoms. The molecule has 0 unspecified atom stereocenters. The van der Waals surface area contributed by atoms with Crippen molar-refractivity contribution in [1.82, 2.24) is 4.31 Å². The molecule has 1 amide bonds. The van der Waals surface area contributed by atoms with Crippen LogP contribution in [0.4, 0.5) is 5.69 Å². The Morgan fingerprint density at radius 1 is 1.15 bits per heavy atom. The van der Waals surface area contributed by atoms with Crippen LogP contribution in [-0.4, -0.2) is 50.0 Å². The number of nitrogens with one attached hydrogen (secondary N) is 1. The molecular formula is C17H17BrN2O5S. The standard InChI is InChI=1S/C17H17BrN2O5S/c18-13-6-5-12(17(22)19-14-3-1-2-4-15(14)21)11-16(13)26(23,24)20-7-9-25-10-8-20/h1-6,11,21H,7-10H2,(H,19,22). The molecule has 0 aromatic heterocycles. The molecule has 2 aromatic carbocycles. The highest BCUT2D eigenvalue weighted by molar-refractivity contribution is 9.10. The molecule has 2 N–H and O–H groups in total. The first-order valence-corrected chi connectivity index (χ1v) is 10.1. The molecule has 1 aliphatic heterocycles. The molecule has 3 rings (SSSR count). The monoisotopic (exact) mass is 440 g/mol. The SMILES string of the molecule is O=C(Nc1ccccc1O)c1ccc(Br)c(S(=O)(=O)N2CCOCC2)c1. The van der Waals surface area contributed by atoms with Gasteiger partial charge in [-0.05, 0) is 46.3 Å². The summed E-state index contributed by atoms with van der Waals surface area (Å²) in [6.07, 6.45) is 0. The third-order valence-corrected chi connectivity index (χ3v) is 6.83. The van der Waals surface area contributed by atoms with Crippen molar-refractivity contribution in [3.05, 3.63) is 52.5 Å². The van der Waals surface area contributed by atoms with E-state index in [0.717, 1.165) is 0 Å². The van der Waals surface area contributed by atoms with Gasteiger partial charge >= 0.3 is 0 Å². The van der Waals surface area contributed by atoms with Crippen LogP contribution in [0.3, 0.4) is 0 Å². The summed E-state index contributed by atoms with van der Waals surface area (Å²) in [4.78, 5) is 12.5. The van der Waals surface area contributed by atoms with E-state index in [1.54, 1.807) is 18.2 Å². The largest absolute Gasteiger partial charge is 0.506 e. The van der Waals surface area contributed by atoms with Crippen molar-refractivity contribution in [3.8, 4) is 5.75 Å². The Labute approximate surface area is 159 Å². The lowest BCUT2D eigenvalue weighted by molar-refractivity contribution is 0.0730. The molecule has 0 bridgehead atoms. The third kappa shape index (κ3) is 3.90. The first-order chi connectivity index (χ1) is 12.4. The summed E-state index contributed by atoms with van der Waals surface area (Å²) in [6.45, 7) is 1.21. The summed E-state index contributed by atoms with van der Waals surface area (Å²) < 4.78 is 32.6. The zero-order chi connectivity index (χ0) is 18.7. The first kappa shape index (κ1) is 18.8. The van der Waals surface area contributed by atoms with Gasteiger partial charge in [-0.3, -0.25) is 4.79 Å². The van der Waals surface area contributed by atoms with Crippen molar-refractivity contribution in [1.29, 1.82) is 0 Å². The van der Waals surface area contributed by atoms with Crippen LogP contribution in [0.25, 0.3) is 0 Å². The van der Waals surface area contributed by atoms with Gasteiger partial charge in [0.2, 0.25) is 10.0 Å². The Kier molecular flexibility index (Phi) is 5.61. The predicted octanol–water partition coefficient (Wildman–Crippen LogP) is 2.43. The van der Waals surface area contributed by atoms with E-state index in [1.165, 1.54) is 28.6 Å². The van der Waals surface area contributed by atoms with Gasteiger partial charge < -0.3 is 15.2 Å². The van der Waals surface area contributed by atoms with Crippen LogP contribution >= 0.6 is 15.9 Å². The number of aromatic hydroxyl groups is 1. The molecule has 26 heavy (non-hydrogen) atoms. The highest BCUT2D eigenvalue weighted by Crippen LogP contribution is 2.28.